The summed E-state index contributed by atoms with van der Waals surface area (Å²) in [6.45, 7) is 5.44. The number of methoxy groups -OCH3 is 2. The smallest absolute Gasteiger partial charge is 0.302 e. The Kier molecular flexibility index (Phi) is 16.9. The third kappa shape index (κ3) is 22.5. The van der Waals surface area contributed by atoms with Gasteiger partial charge in [-0.25, -0.2) is 0 Å². The van der Waals surface area contributed by atoms with Gasteiger partial charge < -0.3 is 14.2 Å². The van der Waals surface area contributed by atoms with E-state index in [9.17, 15) is 4.79 Å². The maximum Gasteiger partial charge on any atom is 0.302 e. The highest BCUT2D eigenvalue weighted by molar-refractivity contribution is 5.65. The maximum atomic E-state index is 10.1. The monoisotopic (exact) mass is 206 g/mol. The molecule has 0 aliphatic rings. The predicted molar refractivity (Wildman–Crippen MR) is 55.3 cm³/mol. The Morgan fingerprint density at radius 3 is 1.86 bits per heavy atom. The van der Waals surface area contributed by atoms with Crippen molar-refractivity contribution in [2.75, 3.05) is 34.0 Å². The van der Waals surface area contributed by atoms with Gasteiger partial charge in [-0.3, -0.25) is 4.79 Å². The maximum absolute atomic E-state index is 10.1. The van der Waals surface area contributed by atoms with E-state index in [1.807, 2.05) is 0 Å². The summed E-state index contributed by atoms with van der Waals surface area (Å²) < 4.78 is 14.0. The molecule has 0 fully saturated rings. The minimum absolute atomic E-state index is 0.182. The van der Waals surface area contributed by atoms with Crippen LogP contribution in [0.1, 0.15) is 26.7 Å². The van der Waals surface area contributed by atoms with Gasteiger partial charge in [0.2, 0.25) is 0 Å². The zero-order valence-corrected chi connectivity index (χ0v) is 9.67. The molecule has 0 radical (unpaired) electrons. The summed E-state index contributed by atoms with van der Waals surface area (Å²) in [6.07, 6.45) is 2.05. The van der Waals surface area contributed by atoms with Crippen LogP contribution in [-0.2, 0) is 19.0 Å². The number of carbonyl (C=O) groups is 1. The number of hydrogen-bond acceptors (Lipinski definition) is 4. The molecule has 0 aromatic heterocycles. The summed E-state index contributed by atoms with van der Waals surface area (Å²) in [7, 11) is 3.30. The molecule has 0 spiro atoms. The highest BCUT2D eigenvalue weighted by atomic mass is 16.5. The Morgan fingerprint density at radius 1 is 1.07 bits per heavy atom. The van der Waals surface area contributed by atoms with Gasteiger partial charge in [0.05, 0.1) is 19.8 Å². The largest absolute Gasteiger partial charge is 0.466 e. The molecule has 0 rings (SSSR count). The number of ether oxygens (including phenoxy) is 3. The normalized spacial score (nSPS) is 8.86. The molecule has 0 unspecified atom stereocenters. The lowest BCUT2D eigenvalue weighted by Crippen LogP contribution is -1.99. The van der Waals surface area contributed by atoms with E-state index < -0.39 is 0 Å². The first-order chi connectivity index (χ1) is 6.68. The number of carbonyl (C=O) groups excluding carboxylic acids is 1. The number of esters is 1. The van der Waals surface area contributed by atoms with Gasteiger partial charge in [-0.1, -0.05) is 13.3 Å². The van der Waals surface area contributed by atoms with Crippen LogP contribution in [0.3, 0.4) is 0 Å². The molecule has 0 aliphatic carbocycles. The molecule has 0 aromatic carbocycles. The van der Waals surface area contributed by atoms with Gasteiger partial charge in [-0.05, 0) is 6.42 Å². The Hall–Kier alpha value is -0.610. The molecule has 0 atom stereocenters. The van der Waals surface area contributed by atoms with Crippen molar-refractivity contribution in [2.45, 2.75) is 26.7 Å². The van der Waals surface area contributed by atoms with Crippen LogP contribution in [0.15, 0.2) is 0 Å². The molecule has 0 N–H and O–H groups in total. The lowest BCUT2D eigenvalue weighted by atomic mass is 10.4. The van der Waals surface area contributed by atoms with Crippen molar-refractivity contribution in [1.82, 2.24) is 0 Å². The van der Waals surface area contributed by atoms with Crippen LogP contribution in [0.4, 0.5) is 0 Å². The van der Waals surface area contributed by atoms with Gasteiger partial charge in [-0.15, -0.1) is 0 Å². The van der Waals surface area contributed by atoms with E-state index in [2.05, 4.69) is 21.1 Å². The van der Waals surface area contributed by atoms with Gasteiger partial charge in [0.25, 0.3) is 0 Å². The Bertz CT molecular complexity index is 111. The van der Waals surface area contributed by atoms with E-state index >= 15 is 0 Å². The molecule has 0 amide bonds. The molecule has 0 bridgehead atoms. The van der Waals surface area contributed by atoms with Gasteiger partial charge in [0, 0.05) is 21.1 Å². The van der Waals surface area contributed by atoms with E-state index in [0.717, 1.165) is 12.8 Å². The van der Waals surface area contributed by atoms with Crippen LogP contribution in [0, 0.1) is 0 Å². The molecule has 4 heteroatoms. The van der Waals surface area contributed by atoms with Crippen molar-refractivity contribution < 1.29 is 19.0 Å². The number of hydrogen-bond donors (Lipinski definition) is 0. The summed E-state index contributed by atoms with van der Waals surface area (Å²) in [5.41, 5.74) is 0. The minimum atomic E-state index is -0.182. The zero-order chi connectivity index (χ0) is 11.2. The van der Waals surface area contributed by atoms with E-state index in [-0.39, 0.29) is 5.97 Å². The number of unbranched alkanes of at least 4 members (excludes halogenated alkanes) is 1. The van der Waals surface area contributed by atoms with Gasteiger partial charge in [-0.2, -0.15) is 0 Å². The van der Waals surface area contributed by atoms with Crippen LogP contribution in [-0.4, -0.2) is 40.0 Å². The van der Waals surface area contributed by atoms with Crippen LogP contribution < -0.4 is 0 Å². The Balaban J connectivity index is 0. The summed E-state index contributed by atoms with van der Waals surface area (Å²) in [4.78, 5) is 10.1. The predicted octanol–water partition coefficient (Wildman–Crippen LogP) is 1.63. The van der Waals surface area contributed by atoms with Crippen molar-refractivity contribution in [3.63, 3.8) is 0 Å². The molecular weight excluding hydrogens is 184 g/mol. The molecule has 86 valence electrons. The van der Waals surface area contributed by atoms with Crippen LogP contribution in [0.5, 0.6) is 0 Å². The first-order valence-electron chi connectivity index (χ1n) is 4.80. The first-order valence-corrected chi connectivity index (χ1v) is 4.80. The van der Waals surface area contributed by atoms with Crippen molar-refractivity contribution in [3.8, 4) is 0 Å². The third-order valence-electron chi connectivity index (χ3n) is 1.29. The first kappa shape index (κ1) is 15.8. The average Bonchev–Trinajstić information content (AvgIpc) is 2.16. The fraction of sp³-hybridized carbons (Fsp3) is 0.900. The topological polar surface area (TPSA) is 44.8 Å². The second-order valence-electron chi connectivity index (χ2n) is 2.68. The van der Waals surface area contributed by atoms with Crippen LogP contribution >= 0.6 is 0 Å². The van der Waals surface area contributed by atoms with Crippen molar-refractivity contribution in [3.05, 3.63) is 0 Å². The highest BCUT2D eigenvalue weighted by Gasteiger charge is 1.88. The fourth-order valence-electron chi connectivity index (χ4n) is 0.527. The van der Waals surface area contributed by atoms with Crippen molar-refractivity contribution in [2.24, 2.45) is 0 Å². The third-order valence-corrected chi connectivity index (χ3v) is 1.29. The van der Waals surface area contributed by atoms with E-state index in [1.165, 1.54) is 6.92 Å². The molecule has 0 aromatic rings. The van der Waals surface area contributed by atoms with Crippen LogP contribution in [0.25, 0.3) is 0 Å². The van der Waals surface area contributed by atoms with E-state index in [0.29, 0.717) is 19.8 Å². The van der Waals surface area contributed by atoms with Gasteiger partial charge in [0.1, 0.15) is 0 Å². The lowest BCUT2D eigenvalue weighted by molar-refractivity contribution is -0.141. The van der Waals surface area contributed by atoms with Gasteiger partial charge in [0.15, 0.2) is 0 Å². The zero-order valence-electron chi connectivity index (χ0n) is 9.67. The van der Waals surface area contributed by atoms with E-state index in [1.54, 1.807) is 14.2 Å². The Morgan fingerprint density at radius 2 is 1.57 bits per heavy atom. The van der Waals surface area contributed by atoms with Crippen LogP contribution in [0.2, 0.25) is 0 Å². The quantitative estimate of drug-likeness (QED) is 0.489. The molecule has 0 aliphatic heterocycles. The van der Waals surface area contributed by atoms with Crippen molar-refractivity contribution >= 4 is 5.97 Å². The molecule has 0 heterocycles. The Labute approximate surface area is 86.5 Å². The van der Waals surface area contributed by atoms with E-state index in [4.69, 9.17) is 0 Å². The molecular formula is C10H22O4. The molecule has 0 saturated carbocycles. The summed E-state index contributed by atoms with van der Waals surface area (Å²) in [5.74, 6) is -0.182. The summed E-state index contributed by atoms with van der Waals surface area (Å²) in [5, 5.41) is 0. The summed E-state index contributed by atoms with van der Waals surface area (Å²) in [6, 6.07) is 0. The molecule has 4 nitrogen and oxygen atoms in total. The minimum Gasteiger partial charge on any atom is -0.466 e. The average molecular weight is 206 g/mol. The second-order valence-corrected chi connectivity index (χ2v) is 2.68. The number of rotatable bonds is 6. The lowest BCUT2D eigenvalue weighted by Gasteiger charge is -1.96. The van der Waals surface area contributed by atoms with Crippen molar-refractivity contribution in [1.29, 1.82) is 0 Å². The highest BCUT2D eigenvalue weighted by Crippen LogP contribution is 1.86. The fourth-order valence-corrected chi connectivity index (χ4v) is 0.527. The summed E-state index contributed by atoms with van der Waals surface area (Å²) >= 11 is 0. The SMILES string of the molecule is CCCCOC(C)=O.COCCOC. The second kappa shape index (κ2) is 14.9. The molecule has 14 heavy (non-hydrogen) atoms. The standard InChI is InChI=1S/C6H12O2.C4H10O2/c1-3-4-5-8-6(2)7;1-5-3-4-6-2/h3-5H2,1-2H3;3-4H2,1-2H3. The van der Waals surface area contributed by atoms with Gasteiger partial charge >= 0.3 is 5.97 Å². The molecule has 0 saturated heterocycles.